The first kappa shape index (κ1) is 15.2. The number of aryl methyl sites for hydroxylation is 1. The molecule has 0 saturated carbocycles. The highest BCUT2D eigenvalue weighted by atomic mass is 16.4. The van der Waals surface area contributed by atoms with E-state index in [-0.39, 0.29) is 5.71 Å². The van der Waals surface area contributed by atoms with Crippen LogP contribution in [-0.4, -0.2) is 21.8 Å². The van der Waals surface area contributed by atoms with Crippen LogP contribution in [0.4, 0.5) is 0 Å². The van der Waals surface area contributed by atoms with Crippen molar-refractivity contribution >= 4 is 11.4 Å². The molecule has 0 bridgehead atoms. The third kappa shape index (κ3) is 4.73. The van der Waals surface area contributed by atoms with Gasteiger partial charge in [0.25, 0.3) is 0 Å². The number of rotatable bonds is 7. The van der Waals surface area contributed by atoms with Crippen LogP contribution in [0.15, 0.2) is 34.6 Å². The van der Waals surface area contributed by atoms with Gasteiger partial charge in [0.15, 0.2) is 0 Å². The van der Waals surface area contributed by atoms with E-state index in [0.717, 1.165) is 12.0 Å². The van der Waals surface area contributed by atoms with E-state index in [9.17, 15) is 0 Å². The van der Waals surface area contributed by atoms with E-state index in [2.05, 4.69) is 17.2 Å². The molecule has 0 aliphatic rings. The molecule has 19 heavy (non-hydrogen) atoms. The molecule has 0 spiro atoms. The Bertz CT molecular complexity index is 436. The largest absolute Gasteiger partial charge is 0.411 e. The Morgan fingerprint density at radius 1 is 1.00 bits per heavy atom. The molecule has 1 aromatic rings. The zero-order chi connectivity index (χ0) is 14.1. The summed E-state index contributed by atoms with van der Waals surface area (Å²) in [5.74, 6) is 0. The average molecular weight is 262 g/mol. The number of hydrogen-bond acceptors (Lipinski definition) is 4. The molecule has 4 nitrogen and oxygen atoms in total. The Morgan fingerprint density at radius 3 is 2.21 bits per heavy atom. The lowest BCUT2D eigenvalue weighted by Crippen LogP contribution is -2.12. The summed E-state index contributed by atoms with van der Waals surface area (Å²) in [5.41, 5.74) is 2.60. The van der Waals surface area contributed by atoms with Crippen molar-refractivity contribution in [2.24, 2.45) is 10.3 Å². The topological polar surface area (TPSA) is 65.2 Å². The Labute approximate surface area is 114 Å². The van der Waals surface area contributed by atoms with Gasteiger partial charge in [0, 0.05) is 5.56 Å². The van der Waals surface area contributed by atoms with Gasteiger partial charge in [-0.3, -0.25) is 0 Å². The lowest BCUT2D eigenvalue weighted by molar-refractivity contribution is 0.314. The summed E-state index contributed by atoms with van der Waals surface area (Å²) in [6.07, 6.45) is 6.06. The standard InChI is InChI=1S/C15H22N2O2/c1-3-4-5-6-7-13-8-10-14(11-9-13)15(17-19)12(2)16-18/h8-11,18-19H,3-7H2,1-2H3/b16-12+,17-15-. The van der Waals surface area contributed by atoms with Gasteiger partial charge in [-0.1, -0.05) is 60.8 Å². The van der Waals surface area contributed by atoms with Crippen LogP contribution in [0.2, 0.25) is 0 Å². The summed E-state index contributed by atoms with van der Waals surface area (Å²) in [6, 6.07) is 7.83. The van der Waals surface area contributed by atoms with E-state index in [1.54, 1.807) is 6.92 Å². The molecule has 0 saturated heterocycles. The van der Waals surface area contributed by atoms with Gasteiger partial charge in [-0.2, -0.15) is 0 Å². The Morgan fingerprint density at radius 2 is 1.68 bits per heavy atom. The highest BCUT2D eigenvalue weighted by Gasteiger charge is 2.08. The minimum atomic E-state index is 0.290. The maximum absolute atomic E-state index is 8.95. The molecule has 1 rings (SSSR count). The van der Waals surface area contributed by atoms with E-state index in [4.69, 9.17) is 10.4 Å². The van der Waals surface area contributed by atoms with Crippen LogP contribution < -0.4 is 0 Å². The normalized spacial score (nSPS) is 12.7. The zero-order valence-electron chi connectivity index (χ0n) is 11.6. The van der Waals surface area contributed by atoms with Gasteiger partial charge in [-0.15, -0.1) is 0 Å². The molecule has 0 unspecified atom stereocenters. The summed E-state index contributed by atoms with van der Waals surface area (Å²) in [7, 11) is 0. The van der Waals surface area contributed by atoms with Crippen LogP contribution in [0.3, 0.4) is 0 Å². The van der Waals surface area contributed by atoms with Crippen LogP contribution in [-0.2, 0) is 6.42 Å². The van der Waals surface area contributed by atoms with Crippen LogP contribution in [0.25, 0.3) is 0 Å². The third-order valence-electron chi connectivity index (χ3n) is 3.14. The van der Waals surface area contributed by atoms with Gasteiger partial charge >= 0.3 is 0 Å². The predicted molar refractivity (Wildman–Crippen MR) is 77.5 cm³/mol. The molecule has 0 aromatic heterocycles. The van der Waals surface area contributed by atoms with E-state index in [1.165, 1.54) is 31.2 Å². The molecule has 0 fully saturated rings. The molecule has 0 amide bonds. The van der Waals surface area contributed by atoms with Crippen molar-refractivity contribution in [3.05, 3.63) is 35.4 Å². The van der Waals surface area contributed by atoms with Gasteiger partial charge in [-0.25, -0.2) is 0 Å². The summed E-state index contributed by atoms with van der Waals surface area (Å²) in [4.78, 5) is 0. The summed E-state index contributed by atoms with van der Waals surface area (Å²) >= 11 is 0. The van der Waals surface area contributed by atoms with Gasteiger partial charge in [0.1, 0.15) is 11.4 Å². The Kier molecular flexibility index (Phi) is 6.64. The molecule has 4 heteroatoms. The summed E-state index contributed by atoms with van der Waals surface area (Å²) < 4.78 is 0. The van der Waals surface area contributed by atoms with Crippen molar-refractivity contribution in [3.63, 3.8) is 0 Å². The molecular formula is C15H22N2O2. The lowest BCUT2D eigenvalue weighted by Gasteiger charge is -2.05. The highest BCUT2D eigenvalue weighted by Crippen LogP contribution is 2.11. The molecule has 0 aliphatic heterocycles. The van der Waals surface area contributed by atoms with Crippen molar-refractivity contribution in [3.8, 4) is 0 Å². The molecule has 0 atom stereocenters. The van der Waals surface area contributed by atoms with Gasteiger partial charge in [0.05, 0.1) is 0 Å². The van der Waals surface area contributed by atoms with Crippen LogP contribution in [0.1, 0.15) is 50.7 Å². The van der Waals surface area contributed by atoms with Crippen LogP contribution in [0, 0.1) is 0 Å². The van der Waals surface area contributed by atoms with Gasteiger partial charge < -0.3 is 10.4 Å². The molecule has 104 valence electrons. The summed E-state index contributed by atoms with van der Waals surface area (Å²) in [6.45, 7) is 3.79. The smallest absolute Gasteiger partial charge is 0.134 e. The van der Waals surface area contributed by atoms with Crippen LogP contribution >= 0.6 is 0 Å². The minimum absolute atomic E-state index is 0.290. The zero-order valence-corrected chi connectivity index (χ0v) is 11.6. The Balaban J connectivity index is 2.65. The van der Waals surface area contributed by atoms with Crippen molar-refractivity contribution in [1.29, 1.82) is 0 Å². The van der Waals surface area contributed by atoms with E-state index < -0.39 is 0 Å². The fourth-order valence-corrected chi connectivity index (χ4v) is 1.97. The van der Waals surface area contributed by atoms with E-state index >= 15 is 0 Å². The monoisotopic (exact) mass is 262 g/mol. The maximum atomic E-state index is 8.95. The first-order valence-corrected chi connectivity index (χ1v) is 6.73. The molecular weight excluding hydrogens is 240 g/mol. The van der Waals surface area contributed by atoms with Crippen molar-refractivity contribution in [2.75, 3.05) is 0 Å². The van der Waals surface area contributed by atoms with Crippen molar-refractivity contribution < 1.29 is 10.4 Å². The first-order chi connectivity index (χ1) is 9.22. The lowest BCUT2D eigenvalue weighted by atomic mass is 10.0. The quantitative estimate of drug-likeness (QED) is 0.339. The molecule has 0 heterocycles. The van der Waals surface area contributed by atoms with Crippen LogP contribution in [0.5, 0.6) is 0 Å². The molecule has 2 N–H and O–H groups in total. The maximum Gasteiger partial charge on any atom is 0.134 e. The first-order valence-electron chi connectivity index (χ1n) is 6.73. The highest BCUT2D eigenvalue weighted by molar-refractivity contribution is 6.47. The summed E-state index contributed by atoms with van der Waals surface area (Å²) in [5, 5.41) is 23.9. The van der Waals surface area contributed by atoms with E-state index in [0.29, 0.717) is 5.71 Å². The number of benzene rings is 1. The predicted octanol–water partition coefficient (Wildman–Crippen LogP) is 3.84. The van der Waals surface area contributed by atoms with Gasteiger partial charge in [-0.05, 0) is 25.3 Å². The Hall–Kier alpha value is -1.84. The van der Waals surface area contributed by atoms with E-state index in [1.807, 2.05) is 24.3 Å². The molecule has 0 radical (unpaired) electrons. The fraction of sp³-hybridized carbons (Fsp3) is 0.467. The molecule has 0 aliphatic carbocycles. The van der Waals surface area contributed by atoms with Crippen molar-refractivity contribution in [2.45, 2.75) is 46.0 Å². The second kappa shape index (κ2) is 8.29. The average Bonchev–Trinajstić information content (AvgIpc) is 2.45. The fourth-order valence-electron chi connectivity index (χ4n) is 1.97. The third-order valence-corrected chi connectivity index (χ3v) is 3.14. The molecule has 1 aromatic carbocycles. The second-order valence-corrected chi connectivity index (χ2v) is 4.64. The number of unbranched alkanes of at least 4 members (excludes halogenated alkanes) is 3. The second-order valence-electron chi connectivity index (χ2n) is 4.64. The minimum Gasteiger partial charge on any atom is -0.411 e. The van der Waals surface area contributed by atoms with Gasteiger partial charge in [0.2, 0.25) is 0 Å². The number of oxime groups is 2. The number of nitrogens with zero attached hydrogens (tertiary/aromatic N) is 2. The number of hydrogen-bond donors (Lipinski definition) is 2. The van der Waals surface area contributed by atoms with Crippen molar-refractivity contribution in [1.82, 2.24) is 0 Å². The SMILES string of the molecule is CCCCCCc1ccc(C(=N\O)/C(C)=N/O)cc1.